The molecule has 1 aromatic heterocycles. The van der Waals surface area contributed by atoms with Gasteiger partial charge in [0.2, 0.25) is 0 Å². The van der Waals surface area contributed by atoms with Gasteiger partial charge in [-0.3, -0.25) is 4.79 Å². The zero-order chi connectivity index (χ0) is 18.7. The number of aromatic nitrogens is 2. The van der Waals surface area contributed by atoms with Crippen LogP contribution in [-0.4, -0.2) is 41.9 Å². The molecule has 2 heterocycles. The molecule has 2 atom stereocenters. The predicted octanol–water partition coefficient (Wildman–Crippen LogP) is 2.21. The second-order valence-electron chi connectivity index (χ2n) is 6.60. The number of nitrogens with zero attached hydrogens (tertiary/aromatic N) is 2. The van der Waals surface area contributed by atoms with E-state index in [1.54, 1.807) is 20.4 Å². The first-order chi connectivity index (χ1) is 12.5. The molecule has 1 aliphatic heterocycles. The molecule has 26 heavy (non-hydrogen) atoms. The monoisotopic (exact) mass is 359 g/mol. The van der Waals surface area contributed by atoms with Crippen molar-refractivity contribution in [1.29, 1.82) is 0 Å². The smallest absolute Gasteiger partial charge is 0.252 e. The van der Waals surface area contributed by atoms with E-state index >= 15 is 0 Å². The molecular weight excluding hydrogens is 334 g/mol. The molecule has 2 aromatic rings. The highest BCUT2D eigenvalue weighted by Crippen LogP contribution is 2.33. The van der Waals surface area contributed by atoms with E-state index in [0.717, 1.165) is 17.8 Å². The maximum atomic E-state index is 12.9. The lowest BCUT2D eigenvalue weighted by molar-refractivity contribution is -0.140. The Hall–Kier alpha value is -2.54. The van der Waals surface area contributed by atoms with E-state index in [9.17, 15) is 4.79 Å². The third kappa shape index (κ3) is 3.39. The molecule has 0 unspecified atom stereocenters. The summed E-state index contributed by atoms with van der Waals surface area (Å²) in [6.45, 7) is 2.44. The first-order valence-electron chi connectivity index (χ1n) is 8.62. The Morgan fingerprint density at radius 1 is 1.35 bits per heavy atom. The molecule has 1 N–H and O–H groups in total. The number of aryl methyl sites for hydroxylation is 1. The molecule has 7 nitrogen and oxygen atoms in total. The number of nitrogens with one attached hydrogen (secondary N) is 1. The Morgan fingerprint density at radius 2 is 2.12 bits per heavy atom. The van der Waals surface area contributed by atoms with Crippen molar-refractivity contribution in [2.24, 2.45) is 7.05 Å². The largest absolute Gasteiger partial charge is 0.493 e. The van der Waals surface area contributed by atoms with Crippen molar-refractivity contribution in [2.45, 2.75) is 31.4 Å². The summed E-state index contributed by atoms with van der Waals surface area (Å²) in [4.78, 5) is 17.3. The number of benzene rings is 1. The van der Waals surface area contributed by atoms with E-state index in [-0.39, 0.29) is 5.91 Å². The van der Waals surface area contributed by atoms with Crippen LogP contribution in [0.15, 0.2) is 30.6 Å². The Labute approximate surface area is 153 Å². The van der Waals surface area contributed by atoms with Crippen LogP contribution in [0.5, 0.6) is 11.5 Å². The first-order valence-corrected chi connectivity index (χ1v) is 8.62. The number of carbonyl (C=O) groups is 1. The zero-order valence-electron chi connectivity index (χ0n) is 15.6. The van der Waals surface area contributed by atoms with Gasteiger partial charge in [-0.1, -0.05) is 6.07 Å². The van der Waals surface area contributed by atoms with Crippen LogP contribution >= 0.6 is 0 Å². The van der Waals surface area contributed by atoms with Gasteiger partial charge in [-0.25, -0.2) is 4.98 Å². The Kier molecular flexibility index (Phi) is 5.18. The number of hydrogen-bond acceptors (Lipinski definition) is 5. The summed E-state index contributed by atoms with van der Waals surface area (Å²) < 4.78 is 18.3. The van der Waals surface area contributed by atoms with E-state index in [1.807, 2.05) is 42.9 Å². The van der Waals surface area contributed by atoms with Crippen molar-refractivity contribution < 1.29 is 19.0 Å². The fourth-order valence-corrected chi connectivity index (χ4v) is 3.23. The molecule has 0 saturated carbocycles. The maximum Gasteiger partial charge on any atom is 0.252 e. The Bertz CT molecular complexity index is 781. The van der Waals surface area contributed by atoms with Crippen molar-refractivity contribution in [3.05, 3.63) is 42.0 Å². The summed E-state index contributed by atoms with van der Waals surface area (Å²) in [6, 6.07) is 5.16. The van der Waals surface area contributed by atoms with Crippen molar-refractivity contribution in [2.75, 3.05) is 20.8 Å². The highest BCUT2D eigenvalue weighted by atomic mass is 16.5. The van der Waals surface area contributed by atoms with Gasteiger partial charge in [0.1, 0.15) is 17.5 Å². The van der Waals surface area contributed by atoms with Gasteiger partial charge in [-0.15, -0.1) is 0 Å². The van der Waals surface area contributed by atoms with Crippen LogP contribution in [0.25, 0.3) is 0 Å². The molecule has 0 spiro atoms. The number of amides is 1. The van der Waals surface area contributed by atoms with Crippen LogP contribution in [0, 0.1) is 0 Å². The van der Waals surface area contributed by atoms with Crippen molar-refractivity contribution in [3.63, 3.8) is 0 Å². The minimum absolute atomic E-state index is 0.141. The third-order valence-electron chi connectivity index (χ3n) is 4.83. The fraction of sp³-hybridized carbons (Fsp3) is 0.474. The quantitative estimate of drug-likeness (QED) is 0.856. The fourth-order valence-electron chi connectivity index (χ4n) is 3.23. The molecule has 1 amide bonds. The average Bonchev–Trinajstić information content (AvgIpc) is 3.28. The highest BCUT2D eigenvalue weighted by Gasteiger charge is 2.39. The summed E-state index contributed by atoms with van der Waals surface area (Å²) in [6.07, 6.45) is 5.15. The molecule has 3 rings (SSSR count). The van der Waals surface area contributed by atoms with Crippen LogP contribution in [0.2, 0.25) is 0 Å². The SMILES string of the molecule is COc1ccc([C@@H](NC(=O)[C@@]2(C)CCCO2)c2nccn2C)cc1OC. The maximum absolute atomic E-state index is 12.9. The van der Waals surface area contributed by atoms with E-state index in [2.05, 4.69) is 10.3 Å². The zero-order valence-corrected chi connectivity index (χ0v) is 15.6. The van der Waals surface area contributed by atoms with Crippen LogP contribution in [0.3, 0.4) is 0 Å². The molecule has 0 radical (unpaired) electrons. The Morgan fingerprint density at radius 3 is 2.69 bits per heavy atom. The van der Waals surface area contributed by atoms with Gasteiger partial charge < -0.3 is 24.1 Å². The van der Waals surface area contributed by atoms with Crippen LogP contribution < -0.4 is 14.8 Å². The minimum Gasteiger partial charge on any atom is -0.493 e. The number of ether oxygens (including phenoxy) is 3. The summed E-state index contributed by atoms with van der Waals surface area (Å²) in [5.74, 6) is 1.82. The van der Waals surface area contributed by atoms with Crippen LogP contribution in [0.4, 0.5) is 0 Å². The number of carbonyl (C=O) groups excluding carboxylic acids is 1. The van der Waals surface area contributed by atoms with Crippen LogP contribution in [-0.2, 0) is 16.6 Å². The summed E-state index contributed by atoms with van der Waals surface area (Å²) >= 11 is 0. The average molecular weight is 359 g/mol. The molecule has 1 saturated heterocycles. The van der Waals surface area contributed by atoms with Gasteiger partial charge in [0.05, 0.1) is 14.2 Å². The molecule has 1 fully saturated rings. The van der Waals surface area contributed by atoms with Crippen molar-refractivity contribution in [1.82, 2.24) is 14.9 Å². The normalized spacial score (nSPS) is 20.6. The molecule has 0 aliphatic carbocycles. The molecule has 1 aromatic carbocycles. The molecular formula is C19H25N3O4. The van der Waals surface area contributed by atoms with Crippen LogP contribution in [0.1, 0.15) is 37.2 Å². The highest BCUT2D eigenvalue weighted by molar-refractivity contribution is 5.85. The lowest BCUT2D eigenvalue weighted by Crippen LogP contribution is -2.46. The molecule has 0 bridgehead atoms. The number of rotatable bonds is 6. The van der Waals surface area contributed by atoms with E-state index < -0.39 is 11.6 Å². The topological polar surface area (TPSA) is 74.6 Å². The predicted molar refractivity (Wildman–Crippen MR) is 96.3 cm³/mol. The van der Waals surface area contributed by atoms with Crippen molar-refractivity contribution in [3.8, 4) is 11.5 Å². The van der Waals surface area contributed by atoms with Gasteiger partial charge in [-0.05, 0) is 37.5 Å². The minimum atomic E-state index is -0.806. The molecule has 1 aliphatic rings. The summed E-state index contributed by atoms with van der Waals surface area (Å²) in [5, 5.41) is 3.10. The van der Waals surface area contributed by atoms with Gasteiger partial charge >= 0.3 is 0 Å². The number of imidazole rings is 1. The standard InChI is InChI=1S/C19H25N3O4/c1-19(8-5-11-26-19)18(23)21-16(17-20-9-10-22(17)2)13-6-7-14(24-3)15(12-13)25-4/h6-7,9-10,12,16H,5,8,11H2,1-4H3,(H,21,23)/t16-,19-/m1/s1. The molecule has 140 valence electrons. The van der Waals surface area contributed by atoms with Gasteiger partial charge in [0, 0.05) is 26.0 Å². The van der Waals surface area contributed by atoms with Gasteiger partial charge in [0.15, 0.2) is 11.5 Å². The van der Waals surface area contributed by atoms with E-state index in [0.29, 0.717) is 24.5 Å². The second-order valence-corrected chi connectivity index (χ2v) is 6.60. The lowest BCUT2D eigenvalue weighted by atomic mass is 9.99. The summed E-state index contributed by atoms with van der Waals surface area (Å²) in [5.41, 5.74) is 0.0480. The molecule has 7 heteroatoms. The first kappa shape index (κ1) is 18.3. The second kappa shape index (κ2) is 7.37. The van der Waals surface area contributed by atoms with Gasteiger partial charge in [-0.2, -0.15) is 0 Å². The Balaban J connectivity index is 1.97. The summed E-state index contributed by atoms with van der Waals surface area (Å²) in [7, 11) is 5.08. The third-order valence-corrected chi connectivity index (χ3v) is 4.83. The number of hydrogen-bond donors (Lipinski definition) is 1. The van der Waals surface area contributed by atoms with Crippen molar-refractivity contribution >= 4 is 5.91 Å². The van der Waals surface area contributed by atoms with E-state index in [1.165, 1.54) is 0 Å². The number of methoxy groups -OCH3 is 2. The van der Waals surface area contributed by atoms with Gasteiger partial charge in [0.25, 0.3) is 5.91 Å². The lowest BCUT2D eigenvalue weighted by Gasteiger charge is -2.27. The van der Waals surface area contributed by atoms with E-state index in [4.69, 9.17) is 14.2 Å².